The van der Waals surface area contributed by atoms with Crippen molar-refractivity contribution in [1.82, 2.24) is 20.2 Å². The average molecular weight is 405 g/mol. The minimum atomic E-state index is -1.25. The van der Waals surface area contributed by atoms with Crippen LogP contribution >= 0.6 is 28.3 Å². The van der Waals surface area contributed by atoms with E-state index in [1.54, 1.807) is 4.68 Å². The van der Waals surface area contributed by atoms with E-state index in [1.165, 1.54) is 0 Å². The van der Waals surface area contributed by atoms with Gasteiger partial charge in [-0.2, -0.15) is 0 Å². The zero-order chi connectivity index (χ0) is 15.9. The third-order valence-corrected chi connectivity index (χ3v) is 3.89. The highest BCUT2D eigenvalue weighted by Crippen LogP contribution is 2.17. The normalized spacial score (nSPS) is 11.8. The summed E-state index contributed by atoms with van der Waals surface area (Å²) in [5.74, 6) is 0.646. The standard InChI is InChI=1S/C13H19BBrN5O2.ClH/c15-11-6-4-10(5-7-11)9-20-13(17-18-19-20)12(16)3-1-2-8-14(21)22;/h4-7,12,21-22H,1-3,8-9,16H2;1H. The molecule has 0 saturated heterocycles. The van der Waals surface area contributed by atoms with Crippen LogP contribution < -0.4 is 5.73 Å². The number of benzene rings is 1. The van der Waals surface area contributed by atoms with Crippen LogP contribution in [-0.2, 0) is 6.54 Å². The minimum Gasteiger partial charge on any atom is -0.427 e. The Morgan fingerprint density at radius 2 is 1.91 bits per heavy atom. The molecule has 0 fully saturated rings. The van der Waals surface area contributed by atoms with Crippen molar-refractivity contribution >= 4 is 35.5 Å². The van der Waals surface area contributed by atoms with Crippen LogP contribution in [0.5, 0.6) is 0 Å². The predicted molar refractivity (Wildman–Crippen MR) is 94.1 cm³/mol. The van der Waals surface area contributed by atoms with E-state index in [9.17, 15) is 0 Å². The number of rotatable bonds is 8. The van der Waals surface area contributed by atoms with Crippen molar-refractivity contribution in [3.05, 3.63) is 40.1 Å². The smallest absolute Gasteiger partial charge is 0.427 e. The maximum atomic E-state index is 8.81. The molecule has 1 aromatic carbocycles. The predicted octanol–water partition coefficient (Wildman–Crippen LogP) is 1.55. The summed E-state index contributed by atoms with van der Waals surface area (Å²) in [6.45, 7) is 0.568. The third-order valence-electron chi connectivity index (χ3n) is 3.36. The SMILES string of the molecule is Cl.NC(CCCCB(O)O)c1nnnn1Cc1ccc(Br)cc1. The second kappa shape index (κ2) is 9.99. The molecule has 0 aliphatic heterocycles. The van der Waals surface area contributed by atoms with E-state index < -0.39 is 7.12 Å². The van der Waals surface area contributed by atoms with Crippen molar-refractivity contribution in [1.29, 1.82) is 0 Å². The summed E-state index contributed by atoms with van der Waals surface area (Å²) >= 11 is 3.40. The summed E-state index contributed by atoms with van der Waals surface area (Å²) in [5, 5.41) is 29.3. The lowest BCUT2D eigenvalue weighted by atomic mass is 9.83. The van der Waals surface area contributed by atoms with E-state index in [-0.39, 0.29) is 18.4 Å². The maximum Gasteiger partial charge on any atom is 0.451 e. The van der Waals surface area contributed by atoms with Crippen LogP contribution in [0.2, 0.25) is 6.32 Å². The average Bonchev–Trinajstić information content (AvgIpc) is 2.94. The molecule has 1 atom stereocenters. The van der Waals surface area contributed by atoms with E-state index in [4.69, 9.17) is 15.8 Å². The van der Waals surface area contributed by atoms with E-state index in [0.717, 1.165) is 16.5 Å². The van der Waals surface area contributed by atoms with Crippen LogP contribution in [0.3, 0.4) is 0 Å². The summed E-state index contributed by atoms with van der Waals surface area (Å²) in [5.41, 5.74) is 7.23. The molecule has 2 aromatic rings. The van der Waals surface area contributed by atoms with Gasteiger partial charge in [-0.15, -0.1) is 17.5 Å². The molecule has 4 N–H and O–H groups in total. The summed E-state index contributed by atoms with van der Waals surface area (Å²) in [6.07, 6.45) is 2.56. The Hall–Kier alpha value is -0.995. The molecule has 0 radical (unpaired) electrons. The van der Waals surface area contributed by atoms with Gasteiger partial charge in [0.2, 0.25) is 0 Å². The van der Waals surface area contributed by atoms with Gasteiger partial charge in [-0.1, -0.05) is 40.9 Å². The lowest BCUT2D eigenvalue weighted by molar-refractivity contribution is 0.400. The fraction of sp³-hybridized carbons (Fsp3) is 0.462. The quantitative estimate of drug-likeness (QED) is 0.455. The number of halogens is 2. The van der Waals surface area contributed by atoms with Gasteiger partial charge < -0.3 is 15.8 Å². The molecule has 1 unspecified atom stereocenters. The Balaban J connectivity index is 0.00000264. The van der Waals surface area contributed by atoms with Gasteiger partial charge in [0.1, 0.15) is 0 Å². The Kier molecular flexibility index (Phi) is 8.71. The van der Waals surface area contributed by atoms with E-state index in [2.05, 4.69) is 31.5 Å². The highest BCUT2D eigenvalue weighted by Gasteiger charge is 2.15. The molecule has 126 valence electrons. The molecule has 0 spiro atoms. The Bertz CT molecular complexity index is 584. The number of nitrogens with zero attached hydrogens (tertiary/aromatic N) is 4. The fourth-order valence-corrected chi connectivity index (χ4v) is 2.44. The second-order valence-electron chi connectivity index (χ2n) is 5.19. The summed E-state index contributed by atoms with van der Waals surface area (Å²) in [6, 6.07) is 7.69. The van der Waals surface area contributed by atoms with Gasteiger partial charge in [-0.25, -0.2) is 4.68 Å². The van der Waals surface area contributed by atoms with Crippen LogP contribution in [0.1, 0.15) is 36.7 Å². The Morgan fingerprint density at radius 1 is 1.22 bits per heavy atom. The number of tetrazole rings is 1. The number of unbranched alkanes of at least 4 members (excludes halogenated alkanes) is 1. The molecular formula is C13H20BBrClN5O2. The molecule has 0 aliphatic rings. The lowest BCUT2D eigenvalue weighted by Crippen LogP contribution is -2.18. The monoisotopic (exact) mass is 403 g/mol. The van der Waals surface area contributed by atoms with E-state index in [0.29, 0.717) is 31.5 Å². The third kappa shape index (κ3) is 6.56. The number of hydrogen-bond acceptors (Lipinski definition) is 6. The van der Waals surface area contributed by atoms with Crippen molar-refractivity contribution in [2.24, 2.45) is 5.73 Å². The van der Waals surface area contributed by atoms with Gasteiger partial charge in [0, 0.05) is 4.47 Å². The second-order valence-corrected chi connectivity index (χ2v) is 6.11. The van der Waals surface area contributed by atoms with E-state index >= 15 is 0 Å². The van der Waals surface area contributed by atoms with Gasteiger partial charge >= 0.3 is 7.12 Å². The van der Waals surface area contributed by atoms with E-state index in [1.807, 2.05) is 24.3 Å². The largest absolute Gasteiger partial charge is 0.451 e. The zero-order valence-electron chi connectivity index (χ0n) is 12.5. The lowest BCUT2D eigenvalue weighted by Gasteiger charge is -2.11. The number of aromatic nitrogens is 4. The molecule has 1 aromatic heterocycles. The van der Waals surface area contributed by atoms with Crippen molar-refractivity contribution in [3.8, 4) is 0 Å². The van der Waals surface area contributed by atoms with Crippen molar-refractivity contribution in [3.63, 3.8) is 0 Å². The first-order valence-corrected chi connectivity index (χ1v) is 7.98. The van der Waals surface area contributed by atoms with Crippen LogP contribution in [0.4, 0.5) is 0 Å². The number of hydrogen-bond donors (Lipinski definition) is 3. The first-order chi connectivity index (χ1) is 10.6. The summed E-state index contributed by atoms with van der Waals surface area (Å²) in [4.78, 5) is 0. The molecule has 0 aliphatic carbocycles. The molecule has 0 saturated carbocycles. The van der Waals surface area contributed by atoms with Crippen molar-refractivity contribution in [2.45, 2.75) is 38.2 Å². The van der Waals surface area contributed by atoms with Gasteiger partial charge in [-0.05, 0) is 40.9 Å². The first-order valence-electron chi connectivity index (χ1n) is 7.18. The minimum absolute atomic E-state index is 0. The molecule has 1 heterocycles. The maximum absolute atomic E-state index is 8.81. The fourth-order valence-electron chi connectivity index (χ4n) is 2.17. The van der Waals surface area contributed by atoms with Crippen LogP contribution in [-0.4, -0.2) is 37.4 Å². The molecule has 0 amide bonds. The summed E-state index contributed by atoms with van der Waals surface area (Å²) < 4.78 is 2.73. The van der Waals surface area contributed by atoms with Gasteiger partial charge in [-0.3, -0.25) is 0 Å². The summed E-state index contributed by atoms with van der Waals surface area (Å²) in [7, 11) is -1.25. The molecule has 7 nitrogen and oxygen atoms in total. The zero-order valence-corrected chi connectivity index (χ0v) is 14.9. The molecule has 10 heteroatoms. The van der Waals surface area contributed by atoms with Gasteiger partial charge in [0.15, 0.2) is 5.82 Å². The highest BCUT2D eigenvalue weighted by molar-refractivity contribution is 9.10. The van der Waals surface area contributed by atoms with Crippen LogP contribution in [0, 0.1) is 0 Å². The Morgan fingerprint density at radius 3 is 2.57 bits per heavy atom. The van der Waals surface area contributed by atoms with Gasteiger partial charge in [0.05, 0.1) is 12.6 Å². The highest BCUT2D eigenvalue weighted by atomic mass is 79.9. The van der Waals surface area contributed by atoms with Crippen LogP contribution in [0.15, 0.2) is 28.7 Å². The topological polar surface area (TPSA) is 110 Å². The molecule has 23 heavy (non-hydrogen) atoms. The van der Waals surface area contributed by atoms with Crippen molar-refractivity contribution in [2.75, 3.05) is 0 Å². The first kappa shape index (κ1) is 20.1. The number of nitrogens with two attached hydrogens (primary N) is 1. The Labute approximate surface area is 150 Å². The molecule has 2 rings (SSSR count). The van der Waals surface area contributed by atoms with Gasteiger partial charge in [0.25, 0.3) is 0 Å². The molecule has 0 bridgehead atoms. The van der Waals surface area contributed by atoms with Crippen molar-refractivity contribution < 1.29 is 10.0 Å². The van der Waals surface area contributed by atoms with Crippen LogP contribution in [0.25, 0.3) is 0 Å². The molecular weight excluding hydrogens is 384 g/mol.